The van der Waals surface area contributed by atoms with E-state index in [1.165, 1.54) is 19.3 Å². The van der Waals surface area contributed by atoms with Crippen molar-refractivity contribution in [2.45, 2.75) is 26.2 Å². The predicted octanol–water partition coefficient (Wildman–Crippen LogP) is 2.07. The van der Waals surface area contributed by atoms with Crippen molar-refractivity contribution in [1.82, 2.24) is 19.9 Å². The molecule has 2 aromatic rings. The Hall–Kier alpha value is -2.28. The summed E-state index contributed by atoms with van der Waals surface area (Å²) in [7, 11) is 0. The van der Waals surface area contributed by atoms with Gasteiger partial charge in [0.05, 0.1) is 24.6 Å². The summed E-state index contributed by atoms with van der Waals surface area (Å²) in [5.41, 5.74) is 2.80. The number of aryl methyl sites for hydroxylation is 1. The summed E-state index contributed by atoms with van der Waals surface area (Å²) in [6, 6.07) is 1.94. The monoisotopic (exact) mass is 340 g/mol. The fourth-order valence-electron chi connectivity index (χ4n) is 3.37. The van der Waals surface area contributed by atoms with Crippen LogP contribution in [-0.4, -0.2) is 59.3 Å². The average Bonchev–Trinajstić information content (AvgIpc) is 2.69. The van der Waals surface area contributed by atoms with Crippen LogP contribution in [0.25, 0.3) is 11.3 Å². The Morgan fingerprint density at radius 1 is 0.880 bits per heavy atom. The zero-order chi connectivity index (χ0) is 17.1. The van der Waals surface area contributed by atoms with Gasteiger partial charge in [0.1, 0.15) is 0 Å². The van der Waals surface area contributed by atoms with E-state index in [0.29, 0.717) is 0 Å². The van der Waals surface area contributed by atoms with E-state index in [-0.39, 0.29) is 0 Å². The lowest BCUT2D eigenvalue weighted by Gasteiger charge is -2.27. The quantitative estimate of drug-likeness (QED) is 0.847. The number of morpholine rings is 1. The molecule has 2 aromatic heterocycles. The lowest BCUT2D eigenvalue weighted by atomic mass is 10.1. The first-order chi connectivity index (χ1) is 12.3. The van der Waals surface area contributed by atoms with Crippen molar-refractivity contribution in [3.63, 3.8) is 0 Å². The number of rotatable bonds is 3. The van der Waals surface area contributed by atoms with Crippen LogP contribution in [0.1, 0.15) is 25.0 Å². The molecule has 2 aliphatic heterocycles. The van der Waals surface area contributed by atoms with E-state index in [0.717, 1.165) is 68.2 Å². The zero-order valence-corrected chi connectivity index (χ0v) is 14.7. The molecular weight excluding hydrogens is 316 g/mol. The van der Waals surface area contributed by atoms with E-state index in [1.54, 1.807) is 0 Å². The van der Waals surface area contributed by atoms with Crippen molar-refractivity contribution in [3.05, 3.63) is 24.2 Å². The molecular formula is C18H24N6O. The van der Waals surface area contributed by atoms with Crippen molar-refractivity contribution in [1.29, 1.82) is 0 Å². The van der Waals surface area contributed by atoms with Crippen LogP contribution in [0.15, 0.2) is 18.5 Å². The van der Waals surface area contributed by atoms with Gasteiger partial charge in [-0.05, 0) is 32.3 Å². The van der Waals surface area contributed by atoms with E-state index in [9.17, 15) is 0 Å². The largest absolute Gasteiger partial charge is 0.378 e. The first kappa shape index (κ1) is 16.2. The highest BCUT2D eigenvalue weighted by Crippen LogP contribution is 2.24. The van der Waals surface area contributed by atoms with Gasteiger partial charge in [-0.2, -0.15) is 0 Å². The molecule has 0 saturated carbocycles. The molecule has 2 saturated heterocycles. The SMILES string of the molecule is Cc1nc(N2CCOCC2)ncc1-c1ccnc(N2CCCCC2)n1. The van der Waals surface area contributed by atoms with Gasteiger partial charge in [-0.3, -0.25) is 0 Å². The Labute approximate surface area is 148 Å². The highest BCUT2D eigenvalue weighted by Gasteiger charge is 2.17. The number of hydrogen-bond donors (Lipinski definition) is 0. The molecule has 2 aliphatic rings. The van der Waals surface area contributed by atoms with E-state index >= 15 is 0 Å². The van der Waals surface area contributed by atoms with Gasteiger partial charge in [0, 0.05) is 44.1 Å². The van der Waals surface area contributed by atoms with Gasteiger partial charge in [-0.25, -0.2) is 19.9 Å². The standard InChI is InChI=1S/C18H24N6O/c1-14-15(13-20-18(21-14)24-9-11-25-12-10-24)16-5-6-19-17(22-16)23-7-3-2-4-8-23/h5-6,13H,2-4,7-12H2,1H3. The summed E-state index contributed by atoms with van der Waals surface area (Å²) in [6.45, 7) is 7.23. The molecule has 7 nitrogen and oxygen atoms in total. The summed E-state index contributed by atoms with van der Waals surface area (Å²) in [5.74, 6) is 1.59. The molecule has 0 unspecified atom stereocenters. The first-order valence-electron chi connectivity index (χ1n) is 9.06. The Morgan fingerprint density at radius 3 is 2.36 bits per heavy atom. The molecule has 0 spiro atoms. The highest BCUT2D eigenvalue weighted by molar-refractivity contribution is 5.62. The number of anilines is 2. The molecule has 0 N–H and O–H groups in total. The van der Waals surface area contributed by atoms with E-state index < -0.39 is 0 Å². The number of ether oxygens (including phenoxy) is 1. The predicted molar refractivity (Wildman–Crippen MR) is 96.9 cm³/mol. The second-order valence-corrected chi connectivity index (χ2v) is 6.56. The first-order valence-corrected chi connectivity index (χ1v) is 9.06. The van der Waals surface area contributed by atoms with Crippen LogP contribution < -0.4 is 9.80 Å². The third kappa shape index (κ3) is 3.56. The average molecular weight is 340 g/mol. The van der Waals surface area contributed by atoms with Gasteiger partial charge < -0.3 is 14.5 Å². The minimum absolute atomic E-state index is 0.731. The summed E-state index contributed by atoms with van der Waals surface area (Å²) >= 11 is 0. The number of hydrogen-bond acceptors (Lipinski definition) is 7. The molecule has 25 heavy (non-hydrogen) atoms. The Kier molecular flexibility index (Phi) is 4.74. The van der Waals surface area contributed by atoms with Gasteiger partial charge >= 0.3 is 0 Å². The van der Waals surface area contributed by atoms with Crippen LogP contribution in [-0.2, 0) is 4.74 Å². The molecule has 0 aliphatic carbocycles. The van der Waals surface area contributed by atoms with E-state index in [2.05, 4.69) is 19.8 Å². The third-order valence-electron chi connectivity index (χ3n) is 4.82. The van der Waals surface area contributed by atoms with Crippen LogP contribution in [0.5, 0.6) is 0 Å². The lowest BCUT2D eigenvalue weighted by Crippen LogP contribution is -2.37. The molecule has 2 fully saturated rings. The number of piperidine rings is 1. The van der Waals surface area contributed by atoms with Crippen LogP contribution in [0.4, 0.5) is 11.9 Å². The highest BCUT2D eigenvalue weighted by atomic mass is 16.5. The molecule has 132 valence electrons. The van der Waals surface area contributed by atoms with Crippen molar-refractivity contribution in [3.8, 4) is 11.3 Å². The normalized spacial score (nSPS) is 18.4. The maximum Gasteiger partial charge on any atom is 0.225 e. The van der Waals surface area contributed by atoms with Crippen molar-refractivity contribution < 1.29 is 4.74 Å². The van der Waals surface area contributed by atoms with Gasteiger partial charge in [-0.15, -0.1) is 0 Å². The second-order valence-electron chi connectivity index (χ2n) is 6.56. The maximum atomic E-state index is 5.40. The third-order valence-corrected chi connectivity index (χ3v) is 4.82. The van der Waals surface area contributed by atoms with Gasteiger partial charge in [-0.1, -0.05) is 0 Å². The van der Waals surface area contributed by atoms with Crippen LogP contribution >= 0.6 is 0 Å². The number of nitrogens with zero attached hydrogens (tertiary/aromatic N) is 6. The molecule has 0 amide bonds. The molecule has 0 atom stereocenters. The van der Waals surface area contributed by atoms with E-state index in [4.69, 9.17) is 14.7 Å². The van der Waals surface area contributed by atoms with Crippen molar-refractivity contribution in [2.75, 3.05) is 49.2 Å². The number of aromatic nitrogens is 4. The topological polar surface area (TPSA) is 67.3 Å². The van der Waals surface area contributed by atoms with Crippen LogP contribution in [0.2, 0.25) is 0 Å². The molecule has 0 aromatic carbocycles. The minimum Gasteiger partial charge on any atom is -0.378 e. The molecule has 0 radical (unpaired) electrons. The molecule has 0 bridgehead atoms. The minimum atomic E-state index is 0.731. The fraction of sp³-hybridized carbons (Fsp3) is 0.556. The summed E-state index contributed by atoms with van der Waals surface area (Å²) in [6.07, 6.45) is 7.44. The Bertz CT molecular complexity index is 725. The van der Waals surface area contributed by atoms with Crippen LogP contribution in [0, 0.1) is 6.92 Å². The fourth-order valence-corrected chi connectivity index (χ4v) is 3.37. The van der Waals surface area contributed by atoms with Gasteiger partial charge in [0.15, 0.2) is 0 Å². The van der Waals surface area contributed by atoms with Crippen LogP contribution in [0.3, 0.4) is 0 Å². The molecule has 4 heterocycles. The Balaban J connectivity index is 1.58. The van der Waals surface area contributed by atoms with E-state index in [1.807, 2.05) is 25.4 Å². The smallest absolute Gasteiger partial charge is 0.225 e. The molecule has 7 heteroatoms. The zero-order valence-electron chi connectivity index (χ0n) is 14.7. The summed E-state index contributed by atoms with van der Waals surface area (Å²) < 4.78 is 5.40. The van der Waals surface area contributed by atoms with Gasteiger partial charge in [0.2, 0.25) is 11.9 Å². The van der Waals surface area contributed by atoms with Crippen molar-refractivity contribution >= 4 is 11.9 Å². The lowest BCUT2D eigenvalue weighted by molar-refractivity contribution is 0.122. The van der Waals surface area contributed by atoms with Gasteiger partial charge in [0.25, 0.3) is 0 Å². The molecule has 4 rings (SSSR count). The van der Waals surface area contributed by atoms with Crippen molar-refractivity contribution in [2.24, 2.45) is 0 Å². The summed E-state index contributed by atoms with van der Waals surface area (Å²) in [5, 5.41) is 0. The summed E-state index contributed by atoms with van der Waals surface area (Å²) in [4.78, 5) is 22.9. The second kappa shape index (κ2) is 7.31. The Morgan fingerprint density at radius 2 is 1.60 bits per heavy atom. The maximum absolute atomic E-state index is 5.40.